The summed E-state index contributed by atoms with van der Waals surface area (Å²) in [4.78, 5) is 6.82. The highest BCUT2D eigenvalue weighted by Gasteiger charge is 2.06. The van der Waals surface area contributed by atoms with Crippen molar-refractivity contribution in [2.75, 3.05) is 25.0 Å². The standard InChI is InChI=1S/C18H12N2O2.2C2H6OS/c1-19-17(11-13-3-7-15(21)8-4-13)18(20-2)12-14-5-9-16(22)10-6-14;2*1-4(2)3/h3-12,21-22H;2*1-2H3/b17-11-,18-12-;;. The molecule has 8 heteroatoms. The first kappa shape index (κ1) is 26.8. The van der Waals surface area contributed by atoms with Gasteiger partial charge in [-0.1, -0.05) is 36.4 Å². The Hall–Kier alpha value is -3.20. The Balaban J connectivity index is 0.000000901. The molecular weight excluding hydrogens is 420 g/mol. The SMILES string of the molecule is CS(C)=O.CS(C)=O.[C-]#[N+]C(=C\c1ccc(O)cc1)/C(=C/c1ccc(O)cc1)[N+]#[C-]. The van der Waals surface area contributed by atoms with Crippen LogP contribution in [-0.4, -0.2) is 43.7 Å². The fourth-order valence-electron chi connectivity index (χ4n) is 1.78. The van der Waals surface area contributed by atoms with E-state index in [0.717, 1.165) is 11.1 Å². The first-order chi connectivity index (χ1) is 14.1. The Morgan fingerprint density at radius 1 is 0.700 bits per heavy atom. The summed E-state index contributed by atoms with van der Waals surface area (Å²) in [5, 5.41) is 18.5. The van der Waals surface area contributed by atoms with Crippen molar-refractivity contribution in [1.29, 1.82) is 0 Å². The van der Waals surface area contributed by atoms with E-state index in [1.807, 2.05) is 0 Å². The molecule has 2 rings (SSSR count). The molecule has 0 unspecified atom stereocenters. The van der Waals surface area contributed by atoms with Gasteiger partial charge in [-0.25, -0.2) is 0 Å². The van der Waals surface area contributed by atoms with Crippen molar-refractivity contribution >= 4 is 33.8 Å². The summed E-state index contributed by atoms with van der Waals surface area (Å²) in [6, 6.07) is 12.8. The summed E-state index contributed by atoms with van der Waals surface area (Å²) < 4.78 is 19.1. The second kappa shape index (κ2) is 14.7. The predicted molar refractivity (Wildman–Crippen MR) is 125 cm³/mol. The van der Waals surface area contributed by atoms with Crippen molar-refractivity contribution in [3.63, 3.8) is 0 Å². The van der Waals surface area contributed by atoms with E-state index in [2.05, 4.69) is 9.69 Å². The van der Waals surface area contributed by atoms with Gasteiger partial charge in [0.15, 0.2) is 11.4 Å². The molecular formula is C22H24N2O4S2. The maximum Gasteiger partial charge on any atom is 0.195 e. The smallest absolute Gasteiger partial charge is 0.195 e. The average molecular weight is 445 g/mol. The number of hydrogen-bond acceptors (Lipinski definition) is 4. The van der Waals surface area contributed by atoms with E-state index in [9.17, 15) is 18.6 Å². The molecule has 0 saturated heterocycles. The number of phenols is 2. The molecule has 158 valence electrons. The topological polar surface area (TPSA) is 83.3 Å². The maximum atomic E-state index is 9.56. The number of hydrogen-bond donors (Lipinski definition) is 2. The molecule has 0 aliphatic carbocycles. The van der Waals surface area contributed by atoms with Gasteiger partial charge in [0.05, 0.1) is 13.1 Å². The second-order valence-corrected chi connectivity index (χ2v) is 8.92. The van der Waals surface area contributed by atoms with Crippen molar-refractivity contribution in [3.8, 4) is 11.5 Å². The van der Waals surface area contributed by atoms with Gasteiger partial charge in [0.25, 0.3) is 0 Å². The summed E-state index contributed by atoms with van der Waals surface area (Å²) in [5.74, 6) is 0.290. The molecule has 0 bridgehead atoms. The fourth-order valence-corrected chi connectivity index (χ4v) is 1.78. The zero-order chi connectivity index (χ0) is 23.1. The monoisotopic (exact) mass is 444 g/mol. The van der Waals surface area contributed by atoms with Crippen LogP contribution in [0.15, 0.2) is 59.9 Å². The summed E-state index contributed by atoms with van der Waals surface area (Å²) >= 11 is 0. The minimum atomic E-state index is -0.611. The zero-order valence-corrected chi connectivity index (χ0v) is 18.8. The zero-order valence-electron chi connectivity index (χ0n) is 17.2. The quantitative estimate of drug-likeness (QED) is 0.546. The van der Waals surface area contributed by atoms with Crippen LogP contribution in [0.3, 0.4) is 0 Å². The molecule has 0 amide bonds. The highest BCUT2D eigenvalue weighted by atomic mass is 32.2. The molecule has 0 saturated carbocycles. The number of rotatable bonds is 3. The van der Waals surface area contributed by atoms with Crippen molar-refractivity contribution in [2.45, 2.75) is 0 Å². The average Bonchev–Trinajstić information content (AvgIpc) is 2.66. The van der Waals surface area contributed by atoms with Gasteiger partial charge in [-0.15, -0.1) is 0 Å². The number of nitrogens with zero attached hydrogens (tertiary/aromatic N) is 2. The van der Waals surface area contributed by atoms with E-state index in [1.54, 1.807) is 61.4 Å². The lowest BCUT2D eigenvalue weighted by Gasteiger charge is -2.00. The molecule has 0 aliphatic rings. The summed E-state index contributed by atoms with van der Waals surface area (Å²) in [6.07, 6.45) is 9.74. The van der Waals surface area contributed by atoms with E-state index in [-0.39, 0.29) is 22.9 Å². The molecule has 0 aromatic heterocycles. The molecule has 2 aromatic rings. The molecule has 0 heterocycles. The largest absolute Gasteiger partial charge is 0.508 e. The van der Waals surface area contributed by atoms with E-state index in [1.165, 1.54) is 24.3 Å². The van der Waals surface area contributed by atoms with Gasteiger partial charge >= 0.3 is 0 Å². The lowest BCUT2D eigenvalue weighted by molar-refractivity contribution is 0.474. The fraction of sp³-hybridized carbons (Fsp3) is 0.182. The molecule has 30 heavy (non-hydrogen) atoms. The Bertz CT molecular complexity index is 906. The van der Waals surface area contributed by atoms with Crippen molar-refractivity contribution < 1.29 is 18.6 Å². The Morgan fingerprint density at radius 2 is 0.933 bits per heavy atom. The van der Waals surface area contributed by atoms with Gasteiger partial charge in [0.2, 0.25) is 0 Å². The molecule has 2 aromatic carbocycles. The maximum absolute atomic E-state index is 9.56. The first-order valence-corrected chi connectivity index (χ1v) is 12.3. The van der Waals surface area contributed by atoms with Gasteiger partial charge in [0.1, 0.15) is 11.5 Å². The minimum absolute atomic E-state index is 0.145. The number of aromatic hydroxyl groups is 2. The Morgan fingerprint density at radius 3 is 1.13 bits per heavy atom. The summed E-state index contributed by atoms with van der Waals surface area (Å²) in [6.45, 7) is 14.5. The van der Waals surface area contributed by atoms with Crippen LogP contribution in [0.1, 0.15) is 11.1 Å². The van der Waals surface area contributed by atoms with Crippen LogP contribution in [0.25, 0.3) is 21.8 Å². The molecule has 0 aliphatic heterocycles. The normalized spacial score (nSPS) is 10.8. The van der Waals surface area contributed by atoms with Crippen LogP contribution in [0.5, 0.6) is 11.5 Å². The summed E-state index contributed by atoms with van der Waals surface area (Å²) in [5.41, 5.74) is 1.88. The lowest BCUT2D eigenvalue weighted by atomic mass is 10.1. The van der Waals surface area contributed by atoms with Gasteiger partial charge in [-0.05, 0) is 35.4 Å². The predicted octanol–water partition coefficient (Wildman–Crippen LogP) is 4.31. The number of phenolic OH excluding ortho intramolecular Hbond substituents is 2. The van der Waals surface area contributed by atoms with Gasteiger partial charge in [0, 0.05) is 46.6 Å². The minimum Gasteiger partial charge on any atom is -0.508 e. The third-order valence-corrected chi connectivity index (χ3v) is 2.90. The molecule has 0 fully saturated rings. The van der Waals surface area contributed by atoms with Crippen molar-refractivity contribution in [2.24, 2.45) is 0 Å². The summed E-state index contributed by atoms with van der Waals surface area (Å²) in [7, 11) is -1.22. The van der Waals surface area contributed by atoms with Crippen LogP contribution in [0.2, 0.25) is 0 Å². The first-order valence-electron chi connectivity index (χ1n) is 8.36. The highest BCUT2D eigenvalue weighted by Crippen LogP contribution is 2.22. The van der Waals surface area contributed by atoms with Gasteiger partial charge in [-0.3, -0.25) is 18.1 Å². The Labute approximate surface area is 182 Å². The molecule has 2 N–H and O–H groups in total. The van der Waals surface area contributed by atoms with E-state index >= 15 is 0 Å². The van der Waals surface area contributed by atoms with E-state index < -0.39 is 21.6 Å². The van der Waals surface area contributed by atoms with Gasteiger partial charge in [-0.2, -0.15) is 0 Å². The molecule has 0 radical (unpaired) electrons. The Kier molecular flexibility index (Phi) is 13.2. The second-order valence-electron chi connectivity index (χ2n) is 5.95. The van der Waals surface area contributed by atoms with Crippen LogP contribution >= 0.6 is 0 Å². The van der Waals surface area contributed by atoms with Gasteiger partial charge < -0.3 is 10.2 Å². The van der Waals surface area contributed by atoms with Crippen LogP contribution in [0, 0.1) is 13.1 Å². The molecule has 0 spiro atoms. The highest BCUT2D eigenvalue weighted by molar-refractivity contribution is 7.83. The van der Waals surface area contributed by atoms with Crippen LogP contribution in [-0.2, 0) is 21.6 Å². The number of benzene rings is 2. The third kappa shape index (κ3) is 13.1. The molecule has 0 atom stereocenters. The lowest BCUT2D eigenvalue weighted by Crippen LogP contribution is -1.82. The van der Waals surface area contributed by atoms with Crippen LogP contribution in [0.4, 0.5) is 0 Å². The van der Waals surface area contributed by atoms with Crippen molar-refractivity contribution in [1.82, 2.24) is 0 Å². The van der Waals surface area contributed by atoms with E-state index in [0.29, 0.717) is 0 Å². The molecule has 6 nitrogen and oxygen atoms in total. The third-order valence-electron chi connectivity index (χ3n) is 2.90. The van der Waals surface area contributed by atoms with Crippen LogP contribution < -0.4 is 0 Å². The van der Waals surface area contributed by atoms with E-state index in [4.69, 9.17) is 13.1 Å². The van der Waals surface area contributed by atoms with Crippen molar-refractivity contribution in [3.05, 3.63) is 93.9 Å².